The van der Waals surface area contributed by atoms with Crippen LogP contribution in [0.5, 0.6) is 0 Å². The fraction of sp³-hybridized carbons (Fsp3) is 0.667. The topological polar surface area (TPSA) is 57.6 Å². The van der Waals surface area contributed by atoms with Gasteiger partial charge in [0, 0.05) is 13.1 Å². The second-order valence-corrected chi connectivity index (χ2v) is 8.28. The van der Waals surface area contributed by atoms with Crippen molar-refractivity contribution in [2.45, 2.75) is 30.1 Å². The molecule has 2 heterocycles. The lowest BCUT2D eigenvalue weighted by Crippen LogP contribution is -2.29. The van der Waals surface area contributed by atoms with Crippen LogP contribution in [0.4, 0.5) is 0 Å². The number of hydrogen-bond donors (Lipinski definition) is 1. The van der Waals surface area contributed by atoms with Crippen LogP contribution < -0.4 is 0 Å². The van der Waals surface area contributed by atoms with Gasteiger partial charge in [0.2, 0.25) is 0 Å². The predicted molar refractivity (Wildman–Crippen MR) is 69.8 cm³/mol. The van der Waals surface area contributed by atoms with Crippen molar-refractivity contribution < 1.29 is 13.5 Å². The summed E-state index contributed by atoms with van der Waals surface area (Å²) in [6.07, 6.45) is 3.59. The molecular weight excluding hydrogens is 270 g/mol. The molecule has 1 saturated heterocycles. The van der Waals surface area contributed by atoms with E-state index in [2.05, 4.69) is 0 Å². The van der Waals surface area contributed by atoms with Gasteiger partial charge < -0.3 is 5.11 Å². The van der Waals surface area contributed by atoms with Gasteiger partial charge in [-0.2, -0.15) is 4.31 Å². The monoisotopic (exact) mass is 287 g/mol. The summed E-state index contributed by atoms with van der Waals surface area (Å²) < 4.78 is 26.9. The van der Waals surface area contributed by atoms with Crippen molar-refractivity contribution in [3.63, 3.8) is 0 Å². The van der Waals surface area contributed by atoms with Gasteiger partial charge in [-0.25, -0.2) is 8.42 Å². The van der Waals surface area contributed by atoms with E-state index >= 15 is 0 Å². The Labute approximate surface area is 111 Å². The van der Waals surface area contributed by atoms with E-state index in [-0.39, 0.29) is 6.61 Å². The number of aliphatic hydroxyl groups excluding tert-OH is 1. The molecule has 2 atom stereocenters. The first-order valence-corrected chi connectivity index (χ1v) is 8.61. The molecule has 1 saturated carbocycles. The van der Waals surface area contributed by atoms with Gasteiger partial charge in [-0.05, 0) is 41.7 Å². The van der Waals surface area contributed by atoms with Crippen LogP contribution in [-0.2, 0) is 16.6 Å². The number of thiophene rings is 1. The van der Waals surface area contributed by atoms with Gasteiger partial charge >= 0.3 is 0 Å². The lowest BCUT2D eigenvalue weighted by atomic mass is 10.0. The Hall–Kier alpha value is -0.430. The van der Waals surface area contributed by atoms with Crippen LogP contribution in [0, 0.1) is 11.8 Å². The minimum atomic E-state index is -3.33. The zero-order chi connectivity index (χ0) is 12.8. The van der Waals surface area contributed by atoms with E-state index in [4.69, 9.17) is 5.11 Å². The van der Waals surface area contributed by atoms with Crippen molar-refractivity contribution in [1.29, 1.82) is 0 Å². The molecule has 1 aliphatic carbocycles. The van der Waals surface area contributed by atoms with Crippen LogP contribution in [0.1, 0.15) is 24.8 Å². The summed E-state index contributed by atoms with van der Waals surface area (Å²) in [6, 6.07) is 1.59. The number of hydrogen-bond acceptors (Lipinski definition) is 4. The molecule has 2 fully saturated rings. The lowest BCUT2D eigenvalue weighted by molar-refractivity contribution is 0.282. The maximum Gasteiger partial charge on any atom is 0.252 e. The van der Waals surface area contributed by atoms with E-state index in [9.17, 15) is 8.42 Å². The van der Waals surface area contributed by atoms with E-state index in [0.717, 1.165) is 0 Å². The van der Waals surface area contributed by atoms with Crippen molar-refractivity contribution in [2.24, 2.45) is 11.8 Å². The molecule has 100 valence electrons. The van der Waals surface area contributed by atoms with Crippen molar-refractivity contribution in [2.75, 3.05) is 13.1 Å². The van der Waals surface area contributed by atoms with Crippen LogP contribution in [0.25, 0.3) is 0 Å². The van der Waals surface area contributed by atoms with Crippen LogP contribution in [0.2, 0.25) is 0 Å². The molecule has 0 amide bonds. The molecule has 18 heavy (non-hydrogen) atoms. The summed E-state index contributed by atoms with van der Waals surface area (Å²) in [7, 11) is -3.33. The second-order valence-electron chi connectivity index (χ2n) is 5.21. The van der Waals surface area contributed by atoms with E-state index in [1.54, 1.807) is 15.8 Å². The van der Waals surface area contributed by atoms with Gasteiger partial charge in [0.25, 0.3) is 10.0 Å². The third-order valence-electron chi connectivity index (χ3n) is 4.10. The van der Waals surface area contributed by atoms with Gasteiger partial charge in [-0.3, -0.25) is 0 Å². The number of sulfonamides is 1. The first-order chi connectivity index (χ1) is 8.61. The minimum Gasteiger partial charge on any atom is -0.392 e. The highest BCUT2D eigenvalue weighted by Gasteiger charge is 2.41. The first-order valence-electron chi connectivity index (χ1n) is 6.29. The molecule has 0 radical (unpaired) electrons. The quantitative estimate of drug-likeness (QED) is 0.920. The van der Waals surface area contributed by atoms with E-state index in [1.807, 2.05) is 0 Å². The molecule has 1 aromatic heterocycles. The molecule has 1 aliphatic heterocycles. The number of rotatable bonds is 3. The highest BCUT2D eigenvalue weighted by atomic mass is 32.2. The van der Waals surface area contributed by atoms with Crippen LogP contribution >= 0.6 is 11.3 Å². The Morgan fingerprint density at radius 1 is 1.33 bits per heavy atom. The first kappa shape index (κ1) is 12.6. The van der Waals surface area contributed by atoms with Crippen molar-refractivity contribution in [3.05, 3.63) is 17.0 Å². The zero-order valence-electron chi connectivity index (χ0n) is 10.1. The Bertz CT molecular complexity index is 525. The summed E-state index contributed by atoms with van der Waals surface area (Å²) in [5.74, 6) is 1.13. The van der Waals surface area contributed by atoms with Crippen LogP contribution in [-0.4, -0.2) is 30.9 Å². The molecular formula is C12H17NO3S2. The Balaban J connectivity index is 1.82. The molecule has 2 aliphatic rings. The summed E-state index contributed by atoms with van der Waals surface area (Å²) in [5, 5.41) is 10.7. The molecule has 6 heteroatoms. The average molecular weight is 287 g/mol. The average Bonchev–Trinajstić information content (AvgIpc) is 3.03. The third-order valence-corrected chi connectivity index (χ3v) is 7.39. The van der Waals surface area contributed by atoms with Gasteiger partial charge in [0.05, 0.1) is 6.61 Å². The molecule has 0 spiro atoms. The molecule has 0 aromatic carbocycles. The highest BCUT2D eigenvalue weighted by Crippen LogP contribution is 2.40. The minimum absolute atomic E-state index is 0.0999. The van der Waals surface area contributed by atoms with E-state index in [1.165, 1.54) is 30.6 Å². The van der Waals surface area contributed by atoms with E-state index in [0.29, 0.717) is 34.7 Å². The third kappa shape index (κ3) is 2.01. The number of nitrogens with zero attached hydrogens (tertiary/aromatic N) is 1. The molecule has 3 rings (SSSR count). The maximum atomic E-state index is 12.4. The molecule has 1 N–H and O–H groups in total. The molecule has 1 aromatic rings. The fourth-order valence-electron chi connectivity index (χ4n) is 3.09. The Morgan fingerprint density at radius 3 is 2.56 bits per heavy atom. The highest BCUT2D eigenvalue weighted by molar-refractivity contribution is 7.91. The normalized spacial score (nSPS) is 28.7. The van der Waals surface area contributed by atoms with Crippen molar-refractivity contribution >= 4 is 21.4 Å². The second kappa shape index (κ2) is 4.59. The maximum absolute atomic E-state index is 12.4. The standard InChI is InChI=1S/C12H17NO3S2/c14-7-9-4-12(17-8-9)18(15,16)13-5-10-2-1-3-11(10)6-13/h4,8,10-11,14H,1-3,5-7H2. The van der Waals surface area contributed by atoms with Crippen molar-refractivity contribution in [3.8, 4) is 0 Å². The predicted octanol–water partition coefficient (Wildman–Crippen LogP) is 1.66. The fourth-order valence-corrected chi connectivity index (χ4v) is 5.99. The summed E-state index contributed by atoms with van der Waals surface area (Å²) in [5.41, 5.74) is 0.679. The SMILES string of the molecule is O=S(=O)(c1cc(CO)cs1)N1CC2CCCC2C1. The van der Waals surface area contributed by atoms with Gasteiger partial charge in [0.15, 0.2) is 0 Å². The van der Waals surface area contributed by atoms with Crippen LogP contribution in [0.15, 0.2) is 15.7 Å². The summed E-state index contributed by atoms with van der Waals surface area (Å²) >= 11 is 1.21. The largest absolute Gasteiger partial charge is 0.392 e. The summed E-state index contributed by atoms with van der Waals surface area (Å²) in [4.78, 5) is 0. The molecule has 2 unspecified atom stereocenters. The Morgan fingerprint density at radius 2 is 2.00 bits per heavy atom. The molecule has 4 nitrogen and oxygen atoms in total. The Kier molecular flexibility index (Phi) is 3.21. The zero-order valence-corrected chi connectivity index (χ0v) is 11.7. The lowest BCUT2D eigenvalue weighted by Gasteiger charge is -2.15. The number of aliphatic hydroxyl groups is 1. The number of fused-ring (bicyclic) bond motifs is 1. The van der Waals surface area contributed by atoms with Gasteiger partial charge in [-0.1, -0.05) is 6.42 Å². The van der Waals surface area contributed by atoms with Crippen LogP contribution in [0.3, 0.4) is 0 Å². The van der Waals surface area contributed by atoms with Crippen molar-refractivity contribution in [1.82, 2.24) is 4.31 Å². The summed E-state index contributed by atoms with van der Waals surface area (Å²) in [6.45, 7) is 1.26. The van der Waals surface area contributed by atoms with E-state index < -0.39 is 10.0 Å². The molecule has 0 bridgehead atoms. The van der Waals surface area contributed by atoms with Gasteiger partial charge in [0.1, 0.15) is 4.21 Å². The smallest absolute Gasteiger partial charge is 0.252 e. The van der Waals surface area contributed by atoms with Gasteiger partial charge in [-0.15, -0.1) is 11.3 Å².